The van der Waals surface area contributed by atoms with E-state index in [1.807, 2.05) is 69.3 Å². The van der Waals surface area contributed by atoms with Crippen molar-refractivity contribution in [2.24, 2.45) is 11.7 Å². The van der Waals surface area contributed by atoms with Crippen LogP contribution in [-0.2, 0) is 16.0 Å². The number of hydrogen-bond acceptors (Lipinski definition) is 7. The fourth-order valence-electron chi connectivity index (χ4n) is 4.70. The zero-order valence-corrected chi connectivity index (χ0v) is 27.2. The van der Waals surface area contributed by atoms with Gasteiger partial charge in [-0.3, -0.25) is 19.8 Å². The Kier molecular flexibility index (Phi) is 13.0. The number of nitrogens with one attached hydrogen (secondary N) is 4. The lowest BCUT2D eigenvalue weighted by Gasteiger charge is -2.33. The second kappa shape index (κ2) is 16.7. The van der Waals surface area contributed by atoms with Crippen LogP contribution >= 0.6 is 0 Å². The number of hydrogen-bond donors (Lipinski definition) is 6. The van der Waals surface area contributed by atoms with Crippen LogP contribution in [-0.4, -0.2) is 75.6 Å². The van der Waals surface area contributed by atoms with Crippen molar-refractivity contribution in [1.29, 1.82) is 0 Å². The summed E-state index contributed by atoms with van der Waals surface area (Å²) in [5.41, 5.74) is 11.6. The van der Waals surface area contributed by atoms with Crippen LogP contribution in [0.15, 0.2) is 66.7 Å². The third kappa shape index (κ3) is 11.8. The molecule has 0 fully saturated rings. The van der Waals surface area contributed by atoms with Gasteiger partial charge in [-0.2, -0.15) is 0 Å². The first-order valence-corrected chi connectivity index (χ1v) is 15.5. The number of hydrazine groups is 1. The monoisotopic (exact) mass is 633 g/mol. The summed E-state index contributed by atoms with van der Waals surface area (Å²) in [5.74, 6) is -1.73. The maximum Gasteiger partial charge on any atom is 0.317 e. The van der Waals surface area contributed by atoms with Gasteiger partial charge in [0, 0.05) is 17.5 Å². The van der Waals surface area contributed by atoms with Crippen molar-refractivity contribution in [3.8, 4) is 0 Å². The molecule has 46 heavy (non-hydrogen) atoms. The predicted octanol–water partition coefficient (Wildman–Crippen LogP) is 2.66. The number of rotatable bonds is 15. The number of pyridine rings is 1. The summed E-state index contributed by atoms with van der Waals surface area (Å²) in [6.07, 6.45) is -0.646. The minimum absolute atomic E-state index is 0.0509. The molecule has 0 aliphatic rings. The molecular weight excluding hydrogens is 586 g/mol. The molecule has 0 bridgehead atoms. The first-order valence-electron chi connectivity index (χ1n) is 15.5. The highest BCUT2D eigenvalue weighted by molar-refractivity contribution is 5.95. The number of amides is 5. The molecule has 3 aromatic rings. The molecule has 0 radical (unpaired) electrons. The molecule has 12 nitrogen and oxygen atoms in total. The number of aliphatic hydroxyl groups is 1. The fraction of sp³-hybridized carbons (Fsp3) is 0.441. The van der Waals surface area contributed by atoms with Gasteiger partial charge in [-0.15, -0.1) is 0 Å². The Hall–Kier alpha value is -4.55. The summed E-state index contributed by atoms with van der Waals surface area (Å²) in [6.45, 7) is 10.1. The standard InChI is InChI=1S/C34H47N7O5/c1-22(2)17-18-41(33(46)38-34(3,4)5)21-29(42)27(19-23-11-7-6-8-12-23)37-31(44)28(20-30(35)43)39-40-32(45)26-16-15-24-13-9-10-14-25(24)36-26/h6-16,22,27-29,39,42H,17-21H2,1-5H3,(H2,35,43)(H,37,44)(H,38,46)(H,40,45)/t27-,28-,29?/m0/s1. The maximum atomic E-state index is 13.6. The Morgan fingerprint density at radius 3 is 2.28 bits per heavy atom. The van der Waals surface area contributed by atoms with Gasteiger partial charge in [-0.1, -0.05) is 68.4 Å². The predicted molar refractivity (Wildman–Crippen MR) is 177 cm³/mol. The van der Waals surface area contributed by atoms with Crippen LogP contribution in [0.2, 0.25) is 0 Å². The average molecular weight is 634 g/mol. The van der Waals surface area contributed by atoms with E-state index in [0.717, 1.165) is 17.4 Å². The molecule has 0 aliphatic heterocycles. The molecule has 7 N–H and O–H groups in total. The van der Waals surface area contributed by atoms with E-state index in [1.54, 1.807) is 23.1 Å². The van der Waals surface area contributed by atoms with Gasteiger partial charge < -0.3 is 26.4 Å². The summed E-state index contributed by atoms with van der Waals surface area (Å²) >= 11 is 0. The molecule has 0 aliphatic carbocycles. The minimum atomic E-state index is -1.26. The smallest absolute Gasteiger partial charge is 0.317 e. The molecule has 1 unspecified atom stereocenters. The van der Waals surface area contributed by atoms with Gasteiger partial charge in [0.2, 0.25) is 11.8 Å². The average Bonchev–Trinajstić information content (AvgIpc) is 2.99. The number of carbonyl (C=O) groups is 4. The van der Waals surface area contributed by atoms with Crippen LogP contribution in [0.25, 0.3) is 10.9 Å². The number of benzene rings is 2. The van der Waals surface area contributed by atoms with Crippen LogP contribution in [0.1, 0.15) is 63.5 Å². The van der Waals surface area contributed by atoms with E-state index in [1.165, 1.54) is 0 Å². The van der Waals surface area contributed by atoms with Crippen LogP contribution in [0.4, 0.5) is 4.79 Å². The highest BCUT2D eigenvalue weighted by Crippen LogP contribution is 2.13. The maximum absolute atomic E-state index is 13.6. The van der Waals surface area contributed by atoms with Crippen LogP contribution in [0, 0.1) is 5.92 Å². The highest BCUT2D eigenvalue weighted by atomic mass is 16.3. The molecular formula is C34H47N7O5. The molecule has 3 rings (SSSR count). The normalized spacial score (nSPS) is 13.5. The first-order chi connectivity index (χ1) is 21.7. The number of carbonyl (C=O) groups excluding carboxylic acids is 4. The summed E-state index contributed by atoms with van der Waals surface area (Å²) < 4.78 is 0. The molecule has 3 atom stereocenters. The van der Waals surface area contributed by atoms with Crippen molar-refractivity contribution in [3.05, 3.63) is 78.0 Å². The Bertz CT molecular complexity index is 1480. The topological polar surface area (TPSA) is 179 Å². The van der Waals surface area contributed by atoms with E-state index >= 15 is 0 Å². The number of urea groups is 1. The van der Waals surface area contributed by atoms with Gasteiger partial charge >= 0.3 is 6.03 Å². The number of fused-ring (bicyclic) bond motifs is 1. The van der Waals surface area contributed by atoms with Gasteiger partial charge in [0.15, 0.2) is 0 Å². The van der Waals surface area contributed by atoms with Gasteiger partial charge in [-0.25, -0.2) is 15.2 Å². The third-order valence-electron chi connectivity index (χ3n) is 7.16. The van der Waals surface area contributed by atoms with Gasteiger partial charge in [0.1, 0.15) is 11.7 Å². The lowest BCUT2D eigenvalue weighted by molar-refractivity contribution is -0.128. The van der Waals surface area contributed by atoms with Crippen molar-refractivity contribution >= 4 is 34.7 Å². The van der Waals surface area contributed by atoms with Gasteiger partial charge in [-0.05, 0) is 57.2 Å². The molecule has 0 saturated heterocycles. The van der Waals surface area contributed by atoms with Crippen LogP contribution < -0.4 is 27.2 Å². The first kappa shape index (κ1) is 35.9. The van der Waals surface area contributed by atoms with E-state index in [9.17, 15) is 24.3 Å². The Morgan fingerprint density at radius 2 is 1.63 bits per heavy atom. The summed E-state index contributed by atoms with van der Waals surface area (Å²) in [6, 6.07) is 17.5. The summed E-state index contributed by atoms with van der Waals surface area (Å²) in [7, 11) is 0. The quantitative estimate of drug-likeness (QED) is 0.139. The molecule has 12 heteroatoms. The fourth-order valence-corrected chi connectivity index (χ4v) is 4.70. The number of aliphatic hydroxyl groups excluding tert-OH is 1. The summed E-state index contributed by atoms with van der Waals surface area (Å²) in [4.78, 5) is 57.5. The summed E-state index contributed by atoms with van der Waals surface area (Å²) in [5, 5.41) is 18.1. The molecule has 2 aromatic carbocycles. The zero-order valence-electron chi connectivity index (χ0n) is 27.2. The van der Waals surface area contributed by atoms with E-state index < -0.39 is 47.9 Å². The van der Waals surface area contributed by atoms with Crippen molar-refractivity contribution in [1.82, 2.24) is 31.4 Å². The van der Waals surface area contributed by atoms with Crippen LogP contribution in [0.5, 0.6) is 0 Å². The van der Waals surface area contributed by atoms with E-state index in [2.05, 4.69) is 40.3 Å². The molecule has 0 spiro atoms. The number of primary amides is 1. The Balaban J connectivity index is 1.78. The lowest BCUT2D eigenvalue weighted by atomic mass is 9.99. The molecule has 0 saturated carbocycles. The second-order valence-corrected chi connectivity index (χ2v) is 12.9. The number of nitrogens with zero attached hydrogens (tertiary/aromatic N) is 2. The molecule has 1 heterocycles. The largest absolute Gasteiger partial charge is 0.389 e. The highest BCUT2D eigenvalue weighted by Gasteiger charge is 2.30. The van der Waals surface area contributed by atoms with E-state index in [-0.39, 0.29) is 24.7 Å². The van der Waals surface area contributed by atoms with Crippen LogP contribution in [0.3, 0.4) is 0 Å². The van der Waals surface area contributed by atoms with E-state index in [4.69, 9.17) is 5.73 Å². The lowest BCUT2D eigenvalue weighted by Crippen LogP contribution is -2.58. The Morgan fingerprint density at radius 1 is 0.957 bits per heavy atom. The van der Waals surface area contributed by atoms with E-state index in [0.29, 0.717) is 18.0 Å². The van der Waals surface area contributed by atoms with Crippen molar-refractivity contribution in [2.45, 2.75) is 77.6 Å². The van der Waals surface area contributed by atoms with Crippen molar-refractivity contribution < 1.29 is 24.3 Å². The SMILES string of the molecule is CC(C)CCN(CC(O)[C@H](Cc1ccccc1)NC(=O)[C@H](CC(N)=O)NNC(=O)c1ccc2ccccc2n1)C(=O)NC(C)(C)C. The zero-order chi connectivity index (χ0) is 33.9. The molecule has 1 aromatic heterocycles. The number of aromatic nitrogens is 1. The second-order valence-electron chi connectivity index (χ2n) is 12.9. The molecule has 5 amide bonds. The minimum Gasteiger partial charge on any atom is -0.389 e. The molecule has 248 valence electrons. The third-order valence-corrected chi connectivity index (χ3v) is 7.16. The van der Waals surface area contributed by atoms with Crippen molar-refractivity contribution in [2.75, 3.05) is 13.1 Å². The number of nitrogens with two attached hydrogens (primary N) is 1. The Labute approximate surface area is 270 Å². The van der Waals surface area contributed by atoms with Gasteiger partial charge in [0.05, 0.1) is 30.6 Å². The van der Waals surface area contributed by atoms with Crippen molar-refractivity contribution in [3.63, 3.8) is 0 Å². The number of para-hydroxylation sites is 1. The van der Waals surface area contributed by atoms with Gasteiger partial charge in [0.25, 0.3) is 5.91 Å².